The van der Waals surface area contributed by atoms with Crippen molar-refractivity contribution in [3.8, 4) is 5.75 Å². The van der Waals surface area contributed by atoms with Crippen LogP contribution in [-0.2, 0) is 29.7 Å². The minimum atomic E-state index is -3.52. The zero-order valence-electron chi connectivity index (χ0n) is 19.6. The first-order valence-electron chi connectivity index (χ1n) is 11.4. The lowest BCUT2D eigenvalue weighted by Crippen LogP contribution is -2.41. The van der Waals surface area contributed by atoms with Gasteiger partial charge in [-0.1, -0.05) is 12.1 Å². The average Bonchev–Trinajstić information content (AvgIpc) is 3.37. The Morgan fingerprint density at radius 3 is 2.51 bits per heavy atom. The first-order chi connectivity index (χ1) is 17.6. The van der Waals surface area contributed by atoms with E-state index in [-0.39, 0.29) is 17.5 Å². The Hall–Kier alpha value is -3.62. The number of carbonyl (C=O) groups is 1. The normalized spacial score (nSPS) is 19.0. The van der Waals surface area contributed by atoms with Crippen LogP contribution in [0, 0.1) is 17.5 Å². The second-order valence-electron chi connectivity index (χ2n) is 8.75. The molecule has 14 heteroatoms. The molecule has 0 bridgehead atoms. The SMILES string of the molecule is CN1CCN(c2cnn3c2CN[C@@H](Cc2ccc(OC(=O)Nc4cc(F)c(F)c(F)c4)cc2)C3)S1(=O)=O. The minimum Gasteiger partial charge on any atom is -0.410 e. The molecule has 2 aromatic carbocycles. The summed E-state index contributed by atoms with van der Waals surface area (Å²) in [5.41, 5.74) is 2.07. The highest BCUT2D eigenvalue weighted by Crippen LogP contribution is 2.29. The number of hydrogen-bond acceptors (Lipinski definition) is 6. The van der Waals surface area contributed by atoms with Gasteiger partial charge in [-0.05, 0) is 24.1 Å². The molecule has 0 aliphatic carbocycles. The number of aromatic nitrogens is 2. The number of halogens is 3. The van der Waals surface area contributed by atoms with E-state index < -0.39 is 33.8 Å². The number of amides is 1. The zero-order valence-corrected chi connectivity index (χ0v) is 20.4. The van der Waals surface area contributed by atoms with Crippen molar-refractivity contribution in [2.45, 2.75) is 25.6 Å². The van der Waals surface area contributed by atoms with Gasteiger partial charge in [0.15, 0.2) is 17.5 Å². The van der Waals surface area contributed by atoms with Gasteiger partial charge in [-0.15, -0.1) is 0 Å². The number of nitrogens with zero attached hydrogens (tertiary/aromatic N) is 4. The van der Waals surface area contributed by atoms with Gasteiger partial charge in [0.2, 0.25) is 0 Å². The van der Waals surface area contributed by atoms with E-state index in [9.17, 15) is 26.4 Å². The van der Waals surface area contributed by atoms with Gasteiger partial charge >= 0.3 is 16.3 Å². The van der Waals surface area contributed by atoms with Crippen LogP contribution in [0.2, 0.25) is 0 Å². The summed E-state index contributed by atoms with van der Waals surface area (Å²) in [7, 11) is -1.97. The number of ether oxygens (including phenoxy) is 1. The van der Waals surface area contributed by atoms with Crippen molar-refractivity contribution >= 4 is 27.7 Å². The average molecular weight is 537 g/mol. The maximum Gasteiger partial charge on any atom is 0.417 e. The van der Waals surface area contributed by atoms with Crippen LogP contribution in [0.3, 0.4) is 0 Å². The smallest absolute Gasteiger partial charge is 0.410 e. The molecule has 10 nitrogen and oxygen atoms in total. The lowest BCUT2D eigenvalue weighted by atomic mass is 10.0. The number of fused-ring (bicyclic) bond motifs is 1. The Labute approximate surface area is 210 Å². The zero-order chi connectivity index (χ0) is 26.3. The second-order valence-corrected chi connectivity index (χ2v) is 10.7. The first-order valence-corrected chi connectivity index (χ1v) is 12.8. The molecule has 2 aliphatic heterocycles. The van der Waals surface area contributed by atoms with Crippen LogP contribution in [0.25, 0.3) is 0 Å². The number of rotatable bonds is 5. The van der Waals surface area contributed by atoms with Gasteiger partial charge < -0.3 is 10.1 Å². The van der Waals surface area contributed by atoms with E-state index in [1.165, 1.54) is 8.61 Å². The Morgan fingerprint density at radius 1 is 1.16 bits per heavy atom. The fraction of sp³-hybridized carbons (Fsp3) is 0.304. The first kappa shape index (κ1) is 25.0. The summed E-state index contributed by atoms with van der Waals surface area (Å²) in [6, 6.07) is 8.05. The molecule has 2 aliphatic rings. The molecule has 3 aromatic rings. The van der Waals surface area contributed by atoms with E-state index in [0.29, 0.717) is 50.4 Å². The summed E-state index contributed by atoms with van der Waals surface area (Å²) in [4.78, 5) is 12.0. The Morgan fingerprint density at radius 2 is 1.86 bits per heavy atom. The van der Waals surface area contributed by atoms with Crippen molar-refractivity contribution in [1.82, 2.24) is 19.4 Å². The van der Waals surface area contributed by atoms with Crippen LogP contribution in [0.1, 0.15) is 11.3 Å². The maximum absolute atomic E-state index is 13.3. The molecule has 1 aromatic heterocycles. The number of benzene rings is 2. The van der Waals surface area contributed by atoms with Crippen LogP contribution in [-0.4, -0.2) is 54.8 Å². The Kier molecular flexibility index (Phi) is 6.56. The van der Waals surface area contributed by atoms with Crippen LogP contribution in [0.15, 0.2) is 42.6 Å². The molecule has 3 heterocycles. The molecule has 1 atom stereocenters. The molecule has 37 heavy (non-hydrogen) atoms. The summed E-state index contributed by atoms with van der Waals surface area (Å²) >= 11 is 0. The maximum atomic E-state index is 13.3. The molecular formula is C23H23F3N6O4S. The van der Waals surface area contributed by atoms with Gasteiger partial charge in [-0.25, -0.2) is 18.0 Å². The van der Waals surface area contributed by atoms with Crippen molar-refractivity contribution in [3.05, 3.63) is 71.3 Å². The largest absolute Gasteiger partial charge is 0.417 e. The highest BCUT2D eigenvalue weighted by Gasteiger charge is 2.37. The van der Waals surface area contributed by atoms with E-state index in [0.717, 1.165) is 11.3 Å². The Balaban J connectivity index is 1.18. The number of hydrogen-bond donors (Lipinski definition) is 2. The lowest BCUT2D eigenvalue weighted by molar-refractivity contribution is 0.215. The Bertz CT molecular complexity index is 1420. The fourth-order valence-corrected chi connectivity index (χ4v) is 5.69. The van der Waals surface area contributed by atoms with Crippen molar-refractivity contribution in [3.63, 3.8) is 0 Å². The molecule has 1 amide bonds. The molecular weight excluding hydrogens is 513 g/mol. The topological polar surface area (TPSA) is 109 Å². The molecule has 1 fully saturated rings. The van der Waals surface area contributed by atoms with Crippen molar-refractivity contribution in [1.29, 1.82) is 0 Å². The second kappa shape index (κ2) is 9.68. The molecule has 1 saturated heterocycles. The van der Waals surface area contributed by atoms with Gasteiger partial charge in [-0.3, -0.25) is 14.3 Å². The van der Waals surface area contributed by atoms with Crippen LogP contribution >= 0.6 is 0 Å². The van der Waals surface area contributed by atoms with Crippen molar-refractivity contribution < 1.29 is 31.1 Å². The molecule has 196 valence electrons. The van der Waals surface area contributed by atoms with Crippen molar-refractivity contribution in [2.24, 2.45) is 0 Å². The van der Waals surface area contributed by atoms with E-state index in [1.54, 1.807) is 37.5 Å². The summed E-state index contributed by atoms with van der Waals surface area (Å²) in [5, 5.41) is 9.97. The summed E-state index contributed by atoms with van der Waals surface area (Å²) in [6.07, 6.45) is 1.24. The van der Waals surface area contributed by atoms with E-state index >= 15 is 0 Å². The third kappa shape index (κ3) is 4.99. The molecule has 0 radical (unpaired) electrons. The molecule has 5 rings (SSSR count). The molecule has 0 saturated carbocycles. The molecule has 0 spiro atoms. The molecule has 2 N–H and O–H groups in total. The van der Waals surface area contributed by atoms with Crippen LogP contribution in [0.5, 0.6) is 5.75 Å². The standard InChI is InChI=1S/C23H23F3N6O4S/c1-30-6-7-32(37(30,34)35)21-12-28-31-13-16(27-11-20(21)31)8-14-2-4-17(5-3-14)36-23(33)29-15-9-18(24)22(26)19(25)10-15/h2-5,9-10,12,16,27H,6-8,11,13H2,1H3,(H,29,33)/t16-/m0/s1. The number of carbonyl (C=O) groups excluding carboxylic acids is 1. The van der Waals surface area contributed by atoms with Crippen LogP contribution < -0.4 is 19.7 Å². The van der Waals surface area contributed by atoms with E-state index in [1.807, 2.05) is 4.68 Å². The van der Waals surface area contributed by atoms with E-state index in [2.05, 4.69) is 15.7 Å². The van der Waals surface area contributed by atoms with Gasteiger partial charge in [0.05, 0.1) is 29.8 Å². The monoisotopic (exact) mass is 536 g/mol. The van der Waals surface area contributed by atoms with Gasteiger partial charge in [0, 0.05) is 44.9 Å². The fourth-order valence-electron chi connectivity index (χ4n) is 4.33. The summed E-state index contributed by atoms with van der Waals surface area (Å²) < 4.78 is 74.3. The summed E-state index contributed by atoms with van der Waals surface area (Å²) in [6.45, 7) is 1.81. The highest BCUT2D eigenvalue weighted by molar-refractivity contribution is 7.90. The molecule has 0 unspecified atom stereocenters. The number of likely N-dealkylation sites (N-methyl/N-ethyl adjacent to an activating group) is 1. The quantitative estimate of drug-likeness (QED) is 0.486. The number of nitrogens with one attached hydrogen (secondary N) is 2. The van der Waals surface area contributed by atoms with Crippen LogP contribution in [0.4, 0.5) is 29.3 Å². The van der Waals surface area contributed by atoms with E-state index in [4.69, 9.17) is 4.74 Å². The van der Waals surface area contributed by atoms with Crippen molar-refractivity contribution in [2.75, 3.05) is 29.8 Å². The number of anilines is 2. The summed E-state index contributed by atoms with van der Waals surface area (Å²) in [5.74, 6) is -4.28. The third-order valence-corrected chi connectivity index (χ3v) is 8.19. The predicted molar refractivity (Wildman–Crippen MR) is 128 cm³/mol. The van der Waals surface area contributed by atoms with Gasteiger partial charge in [0.1, 0.15) is 5.75 Å². The third-order valence-electron chi connectivity index (χ3n) is 6.28. The minimum absolute atomic E-state index is 0.0384. The lowest BCUT2D eigenvalue weighted by Gasteiger charge is -2.27. The predicted octanol–water partition coefficient (Wildman–Crippen LogP) is 2.62. The highest BCUT2D eigenvalue weighted by atomic mass is 32.2. The van der Waals surface area contributed by atoms with Gasteiger partial charge in [0.25, 0.3) is 0 Å². The van der Waals surface area contributed by atoms with Gasteiger partial charge in [-0.2, -0.15) is 17.8 Å².